The van der Waals surface area contributed by atoms with Gasteiger partial charge in [-0.15, -0.1) is 11.3 Å². The van der Waals surface area contributed by atoms with Gasteiger partial charge in [-0.05, 0) is 41.8 Å². The number of fused-ring (bicyclic) bond motifs is 3. The number of ether oxygens (including phenoxy) is 2. The number of hydrogen-bond acceptors (Lipinski definition) is 6. The van der Waals surface area contributed by atoms with Crippen molar-refractivity contribution in [2.75, 3.05) is 7.11 Å². The Hall–Kier alpha value is -4.09. The first-order chi connectivity index (χ1) is 15.2. The third kappa shape index (κ3) is 3.31. The van der Waals surface area contributed by atoms with E-state index in [1.807, 2.05) is 23.6 Å². The summed E-state index contributed by atoms with van der Waals surface area (Å²) in [5.74, 6) is 1.14. The number of pyridine rings is 1. The maximum atomic E-state index is 12.8. The average molecular weight is 428 g/mol. The number of imidazole rings is 1. The van der Waals surface area contributed by atoms with Gasteiger partial charge in [-0.3, -0.25) is 9.55 Å². The average Bonchev–Trinajstić information content (AvgIpc) is 3.44. The molecule has 5 aromatic rings. The Labute approximate surface area is 180 Å². The number of aromatic amines is 1. The number of nitrogens with zero attached hydrogens (tertiary/aromatic N) is 3. The molecule has 152 valence electrons. The smallest absolute Gasteiger partial charge is 0.331 e. The highest BCUT2D eigenvalue weighted by molar-refractivity contribution is 7.09. The molecule has 3 heterocycles. The highest BCUT2D eigenvalue weighted by Gasteiger charge is 2.16. The van der Waals surface area contributed by atoms with Crippen LogP contribution in [0.3, 0.4) is 0 Å². The van der Waals surface area contributed by atoms with Crippen LogP contribution in [0.15, 0.2) is 64.9 Å². The molecule has 0 aliphatic heterocycles. The van der Waals surface area contributed by atoms with Crippen LogP contribution in [0.5, 0.6) is 11.5 Å². The van der Waals surface area contributed by atoms with Crippen molar-refractivity contribution in [3.63, 3.8) is 0 Å². The highest BCUT2D eigenvalue weighted by Crippen LogP contribution is 2.35. The second-order valence-electron chi connectivity index (χ2n) is 6.83. The van der Waals surface area contributed by atoms with E-state index in [-0.39, 0.29) is 5.69 Å². The minimum Gasteiger partial charge on any atom is -0.493 e. The van der Waals surface area contributed by atoms with E-state index in [9.17, 15) is 4.79 Å². The molecule has 31 heavy (non-hydrogen) atoms. The molecule has 0 saturated heterocycles. The Morgan fingerprint density at radius 1 is 1.19 bits per heavy atom. The van der Waals surface area contributed by atoms with E-state index < -0.39 is 0 Å². The molecule has 0 atom stereocenters. The fourth-order valence-electron chi connectivity index (χ4n) is 3.54. The molecule has 5 rings (SSSR count). The molecule has 1 N–H and O–H groups in total. The van der Waals surface area contributed by atoms with Gasteiger partial charge in [0.1, 0.15) is 6.61 Å². The van der Waals surface area contributed by atoms with Crippen LogP contribution in [0, 0.1) is 11.3 Å². The van der Waals surface area contributed by atoms with Gasteiger partial charge in [-0.2, -0.15) is 5.26 Å². The topological polar surface area (TPSA) is 92.9 Å². The van der Waals surface area contributed by atoms with Crippen molar-refractivity contribution >= 4 is 33.3 Å². The number of nitriles is 1. The lowest BCUT2D eigenvalue weighted by molar-refractivity contribution is 0.288. The molecule has 0 saturated carbocycles. The van der Waals surface area contributed by atoms with E-state index in [0.717, 1.165) is 10.3 Å². The van der Waals surface area contributed by atoms with Gasteiger partial charge in [0.2, 0.25) is 0 Å². The van der Waals surface area contributed by atoms with Gasteiger partial charge in [0.15, 0.2) is 11.5 Å². The predicted molar refractivity (Wildman–Crippen MR) is 119 cm³/mol. The SMILES string of the molecule is COc1cc2ncc3[nH]c(=O)n(-c4ccc(C#N)cc4)c3c2cc1OCc1cccs1. The number of thiophene rings is 1. The van der Waals surface area contributed by atoms with Crippen LogP contribution in [-0.2, 0) is 6.61 Å². The molecule has 7 nitrogen and oxygen atoms in total. The molecule has 2 aromatic carbocycles. The molecule has 0 unspecified atom stereocenters. The van der Waals surface area contributed by atoms with Crippen molar-refractivity contribution < 1.29 is 9.47 Å². The van der Waals surface area contributed by atoms with E-state index in [4.69, 9.17) is 14.7 Å². The quantitative estimate of drug-likeness (QED) is 0.448. The molecule has 0 bridgehead atoms. The van der Waals surface area contributed by atoms with E-state index in [0.29, 0.717) is 45.9 Å². The summed E-state index contributed by atoms with van der Waals surface area (Å²) >= 11 is 1.62. The Morgan fingerprint density at radius 3 is 2.74 bits per heavy atom. The summed E-state index contributed by atoms with van der Waals surface area (Å²) in [4.78, 5) is 21.2. The Morgan fingerprint density at radius 2 is 2.03 bits per heavy atom. The number of methoxy groups -OCH3 is 1. The van der Waals surface area contributed by atoms with Crippen LogP contribution in [0.4, 0.5) is 0 Å². The van der Waals surface area contributed by atoms with Crippen molar-refractivity contribution in [1.82, 2.24) is 14.5 Å². The molecule has 0 fully saturated rings. The van der Waals surface area contributed by atoms with Crippen LogP contribution in [0.1, 0.15) is 10.4 Å². The summed E-state index contributed by atoms with van der Waals surface area (Å²) in [5, 5.41) is 11.8. The standard InChI is InChI=1S/C23H16N4O3S/c1-29-20-10-18-17(9-21(20)30-13-16-3-2-8-31-16)22-19(12-25-18)26-23(28)27(22)15-6-4-14(11-24)5-7-15/h2-10,12H,13H2,1H3,(H,26,28). The summed E-state index contributed by atoms with van der Waals surface area (Å²) in [6, 6.07) is 16.6. The van der Waals surface area contributed by atoms with Gasteiger partial charge in [-0.25, -0.2) is 4.79 Å². The third-order valence-electron chi connectivity index (χ3n) is 5.00. The number of rotatable bonds is 5. The van der Waals surface area contributed by atoms with Gasteiger partial charge >= 0.3 is 5.69 Å². The first kappa shape index (κ1) is 18.9. The normalized spacial score (nSPS) is 11.0. The molecule has 0 aliphatic carbocycles. The van der Waals surface area contributed by atoms with Crippen molar-refractivity contribution in [3.05, 3.63) is 81.0 Å². The molecule has 0 aliphatic rings. The Balaban J connectivity index is 1.71. The zero-order valence-electron chi connectivity index (χ0n) is 16.5. The van der Waals surface area contributed by atoms with Crippen LogP contribution in [-0.4, -0.2) is 21.6 Å². The van der Waals surface area contributed by atoms with Gasteiger partial charge in [0.25, 0.3) is 0 Å². The van der Waals surface area contributed by atoms with E-state index in [1.165, 1.54) is 0 Å². The highest BCUT2D eigenvalue weighted by atomic mass is 32.1. The van der Waals surface area contributed by atoms with E-state index >= 15 is 0 Å². The van der Waals surface area contributed by atoms with Crippen molar-refractivity contribution in [2.45, 2.75) is 6.61 Å². The van der Waals surface area contributed by atoms with Gasteiger partial charge in [-0.1, -0.05) is 6.07 Å². The van der Waals surface area contributed by atoms with Gasteiger partial charge < -0.3 is 14.5 Å². The van der Waals surface area contributed by atoms with Crippen molar-refractivity contribution in [1.29, 1.82) is 5.26 Å². The Kier molecular flexibility index (Phi) is 4.65. The van der Waals surface area contributed by atoms with Gasteiger partial charge in [0.05, 0.1) is 47.2 Å². The number of H-pyrrole nitrogens is 1. The maximum Gasteiger partial charge on any atom is 0.331 e. The van der Waals surface area contributed by atoms with Crippen molar-refractivity contribution in [2.24, 2.45) is 0 Å². The molecule has 3 aromatic heterocycles. The zero-order valence-corrected chi connectivity index (χ0v) is 17.3. The first-order valence-electron chi connectivity index (χ1n) is 9.45. The maximum absolute atomic E-state index is 12.8. The third-order valence-corrected chi connectivity index (χ3v) is 5.85. The minimum absolute atomic E-state index is 0.286. The number of hydrogen-bond donors (Lipinski definition) is 1. The first-order valence-corrected chi connectivity index (χ1v) is 10.3. The van der Waals surface area contributed by atoms with E-state index in [1.54, 1.807) is 59.5 Å². The zero-order chi connectivity index (χ0) is 21.4. The molecule has 8 heteroatoms. The fraction of sp³-hybridized carbons (Fsp3) is 0.0870. The number of nitrogens with one attached hydrogen (secondary N) is 1. The number of aromatic nitrogens is 3. The monoisotopic (exact) mass is 428 g/mol. The summed E-state index contributed by atoms with van der Waals surface area (Å²) in [6.45, 7) is 0.415. The summed E-state index contributed by atoms with van der Waals surface area (Å²) in [6.07, 6.45) is 1.63. The van der Waals surface area contributed by atoms with Crippen LogP contribution < -0.4 is 15.2 Å². The second-order valence-corrected chi connectivity index (χ2v) is 7.87. The lowest BCUT2D eigenvalue weighted by atomic mass is 10.1. The second kappa shape index (κ2) is 7.63. The summed E-state index contributed by atoms with van der Waals surface area (Å²) in [5.41, 5.74) is 2.86. The van der Waals surface area contributed by atoms with Crippen LogP contribution in [0.25, 0.3) is 27.6 Å². The van der Waals surface area contributed by atoms with Crippen LogP contribution >= 0.6 is 11.3 Å². The van der Waals surface area contributed by atoms with E-state index in [2.05, 4.69) is 16.0 Å². The predicted octanol–water partition coefficient (Wildman–Crippen LogP) is 4.39. The minimum atomic E-state index is -0.286. The molecule has 0 radical (unpaired) electrons. The molecular weight excluding hydrogens is 412 g/mol. The molecule has 0 spiro atoms. The van der Waals surface area contributed by atoms with Crippen molar-refractivity contribution in [3.8, 4) is 23.3 Å². The largest absolute Gasteiger partial charge is 0.493 e. The fourth-order valence-corrected chi connectivity index (χ4v) is 4.15. The number of benzene rings is 2. The summed E-state index contributed by atoms with van der Waals surface area (Å²) in [7, 11) is 1.58. The lowest BCUT2D eigenvalue weighted by Crippen LogP contribution is -2.14. The molecular formula is C23H16N4O3S. The summed E-state index contributed by atoms with van der Waals surface area (Å²) < 4.78 is 13.1. The van der Waals surface area contributed by atoms with Gasteiger partial charge in [0, 0.05) is 16.3 Å². The molecule has 0 amide bonds. The lowest BCUT2D eigenvalue weighted by Gasteiger charge is -2.12. The Bertz CT molecular complexity index is 1490. The van der Waals surface area contributed by atoms with Crippen LogP contribution in [0.2, 0.25) is 0 Å².